The van der Waals surface area contributed by atoms with Crippen molar-refractivity contribution in [1.82, 2.24) is 0 Å². The molecule has 0 aromatic carbocycles. The SMILES string of the molecule is CC(C)C1(F)CCCCC1. The number of rotatable bonds is 1. The third kappa shape index (κ3) is 1.50. The van der Waals surface area contributed by atoms with Gasteiger partial charge in [0.1, 0.15) is 5.67 Å². The number of hydrogen-bond acceptors (Lipinski definition) is 0. The molecule has 0 spiro atoms. The summed E-state index contributed by atoms with van der Waals surface area (Å²) in [5.74, 6) is 0.216. The zero-order valence-electron chi connectivity index (χ0n) is 6.99. The average Bonchev–Trinajstić information content (AvgIpc) is 1.89. The van der Waals surface area contributed by atoms with Gasteiger partial charge in [-0.3, -0.25) is 0 Å². The maximum absolute atomic E-state index is 13.7. The van der Waals surface area contributed by atoms with Crippen molar-refractivity contribution >= 4 is 0 Å². The lowest BCUT2D eigenvalue weighted by Gasteiger charge is -2.32. The molecule has 1 aliphatic rings. The van der Waals surface area contributed by atoms with E-state index in [4.69, 9.17) is 0 Å². The second kappa shape index (κ2) is 2.89. The second-order valence-corrected chi connectivity index (χ2v) is 3.75. The minimum absolute atomic E-state index is 0.216. The van der Waals surface area contributed by atoms with Crippen molar-refractivity contribution in [3.8, 4) is 0 Å². The molecule has 0 aliphatic heterocycles. The van der Waals surface area contributed by atoms with Gasteiger partial charge < -0.3 is 0 Å². The van der Waals surface area contributed by atoms with Gasteiger partial charge in [-0.1, -0.05) is 33.1 Å². The molecule has 60 valence electrons. The van der Waals surface area contributed by atoms with Crippen LogP contribution in [0.4, 0.5) is 4.39 Å². The maximum atomic E-state index is 13.7. The molecular formula is C9H17F. The molecule has 0 N–H and O–H groups in total. The highest BCUT2D eigenvalue weighted by Crippen LogP contribution is 2.37. The molecule has 10 heavy (non-hydrogen) atoms. The summed E-state index contributed by atoms with van der Waals surface area (Å²) >= 11 is 0. The van der Waals surface area contributed by atoms with Crippen LogP contribution in [0.2, 0.25) is 0 Å². The zero-order chi connectivity index (χ0) is 7.61. The summed E-state index contributed by atoms with van der Waals surface area (Å²) < 4.78 is 13.7. The van der Waals surface area contributed by atoms with Gasteiger partial charge in [0.15, 0.2) is 0 Å². The zero-order valence-corrected chi connectivity index (χ0v) is 6.99. The van der Waals surface area contributed by atoms with Crippen LogP contribution in [0.25, 0.3) is 0 Å². The van der Waals surface area contributed by atoms with Crippen molar-refractivity contribution < 1.29 is 4.39 Å². The molecule has 0 aromatic rings. The molecule has 0 saturated heterocycles. The molecule has 0 radical (unpaired) electrons. The van der Waals surface area contributed by atoms with E-state index in [1.807, 2.05) is 13.8 Å². The Labute approximate surface area is 62.8 Å². The molecule has 1 saturated carbocycles. The van der Waals surface area contributed by atoms with Crippen LogP contribution in [0.15, 0.2) is 0 Å². The fourth-order valence-electron chi connectivity index (χ4n) is 1.72. The van der Waals surface area contributed by atoms with Gasteiger partial charge in [-0.2, -0.15) is 0 Å². The molecule has 0 unspecified atom stereocenters. The number of hydrogen-bond donors (Lipinski definition) is 0. The lowest BCUT2D eigenvalue weighted by Crippen LogP contribution is -2.31. The van der Waals surface area contributed by atoms with E-state index in [-0.39, 0.29) is 5.92 Å². The summed E-state index contributed by atoms with van der Waals surface area (Å²) in [7, 11) is 0. The molecule has 0 aromatic heterocycles. The van der Waals surface area contributed by atoms with Crippen LogP contribution >= 0.6 is 0 Å². The lowest BCUT2D eigenvalue weighted by atomic mass is 9.79. The highest BCUT2D eigenvalue weighted by atomic mass is 19.1. The Morgan fingerprint density at radius 3 is 1.90 bits per heavy atom. The quantitative estimate of drug-likeness (QED) is 0.529. The first-order valence-corrected chi connectivity index (χ1v) is 4.34. The van der Waals surface area contributed by atoms with Gasteiger partial charge in [0.25, 0.3) is 0 Å². The predicted molar refractivity (Wildman–Crippen MR) is 41.8 cm³/mol. The van der Waals surface area contributed by atoms with Crippen LogP contribution in [0.5, 0.6) is 0 Å². The summed E-state index contributed by atoms with van der Waals surface area (Å²) in [6.45, 7) is 3.98. The van der Waals surface area contributed by atoms with Crippen molar-refractivity contribution in [2.24, 2.45) is 5.92 Å². The van der Waals surface area contributed by atoms with Gasteiger partial charge in [-0.05, 0) is 18.8 Å². The Kier molecular flexibility index (Phi) is 2.32. The standard InChI is InChI=1S/C9H17F/c1-8(2)9(10)6-4-3-5-7-9/h8H,3-7H2,1-2H3. The molecule has 0 nitrogen and oxygen atoms in total. The van der Waals surface area contributed by atoms with Crippen molar-refractivity contribution in [3.63, 3.8) is 0 Å². The van der Waals surface area contributed by atoms with Gasteiger partial charge >= 0.3 is 0 Å². The average molecular weight is 144 g/mol. The molecular weight excluding hydrogens is 127 g/mol. The summed E-state index contributed by atoms with van der Waals surface area (Å²) in [6, 6.07) is 0. The summed E-state index contributed by atoms with van der Waals surface area (Å²) in [5, 5.41) is 0. The fraction of sp³-hybridized carbons (Fsp3) is 1.00. The smallest absolute Gasteiger partial charge is 0.113 e. The Bertz CT molecular complexity index is 101. The topological polar surface area (TPSA) is 0 Å². The maximum Gasteiger partial charge on any atom is 0.113 e. The molecule has 1 rings (SSSR count). The van der Waals surface area contributed by atoms with E-state index in [2.05, 4.69) is 0 Å². The van der Waals surface area contributed by atoms with Crippen molar-refractivity contribution in [2.45, 2.75) is 51.6 Å². The van der Waals surface area contributed by atoms with Gasteiger partial charge in [-0.15, -0.1) is 0 Å². The van der Waals surface area contributed by atoms with Crippen LogP contribution in [-0.4, -0.2) is 5.67 Å². The molecule has 0 atom stereocenters. The second-order valence-electron chi connectivity index (χ2n) is 3.75. The summed E-state index contributed by atoms with van der Waals surface area (Å²) in [4.78, 5) is 0. The first-order valence-electron chi connectivity index (χ1n) is 4.34. The molecule has 1 aliphatic carbocycles. The third-order valence-electron chi connectivity index (χ3n) is 2.72. The van der Waals surface area contributed by atoms with Crippen LogP contribution in [0, 0.1) is 5.92 Å². The molecule has 0 bridgehead atoms. The van der Waals surface area contributed by atoms with Gasteiger partial charge in [-0.25, -0.2) is 4.39 Å². The first kappa shape index (κ1) is 8.03. The van der Waals surface area contributed by atoms with Crippen LogP contribution in [-0.2, 0) is 0 Å². The normalized spacial score (nSPS) is 25.2. The summed E-state index contributed by atoms with van der Waals surface area (Å²) in [6.07, 6.45) is 5.01. The molecule has 0 amide bonds. The molecule has 1 fully saturated rings. The van der Waals surface area contributed by atoms with E-state index in [0.717, 1.165) is 25.7 Å². The highest BCUT2D eigenvalue weighted by molar-refractivity contribution is 4.85. The van der Waals surface area contributed by atoms with Crippen molar-refractivity contribution in [2.75, 3.05) is 0 Å². The van der Waals surface area contributed by atoms with Crippen molar-refractivity contribution in [1.29, 1.82) is 0 Å². The Morgan fingerprint density at radius 2 is 1.60 bits per heavy atom. The lowest BCUT2D eigenvalue weighted by molar-refractivity contribution is 0.0550. The number of alkyl halides is 1. The largest absolute Gasteiger partial charge is 0.244 e. The Morgan fingerprint density at radius 1 is 1.10 bits per heavy atom. The minimum atomic E-state index is -0.821. The van der Waals surface area contributed by atoms with Gasteiger partial charge in [0, 0.05) is 0 Å². The van der Waals surface area contributed by atoms with E-state index >= 15 is 0 Å². The van der Waals surface area contributed by atoms with E-state index in [1.165, 1.54) is 6.42 Å². The Hall–Kier alpha value is -0.0700. The van der Waals surface area contributed by atoms with E-state index < -0.39 is 5.67 Å². The summed E-state index contributed by atoms with van der Waals surface area (Å²) in [5.41, 5.74) is -0.821. The van der Waals surface area contributed by atoms with Gasteiger partial charge in [0.05, 0.1) is 0 Å². The van der Waals surface area contributed by atoms with E-state index in [9.17, 15) is 4.39 Å². The number of halogens is 1. The van der Waals surface area contributed by atoms with Gasteiger partial charge in [0.2, 0.25) is 0 Å². The predicted octanol–water partition coefficient (Wildman–Crippen LogP) is 3.31. The molecule has 0 heterocycles. The first-order chi connectivity index (χ1) is 4.65. The monoisotopic (exact) mass is 144 g/mol. The Balaban J connectivity index is 2.48. The highest BCUT2D eigenvalue weighted by Gasteiger charge is 2.34. The van der Waals surface area contributed by atoms with Crippen LogP contribution in [0.1, 0.15) is 46.0 Å². The van der Waals surface area contributed by atoms with Crippen LogP contribution < -0.4 is 0 Å². The van der Waals surface area contributed by atoms with Crippen LogP contribution in [0.3, 0.4) is 0 Å². The fourth-order valence-corrected chi connectivity index (χ4v) is 1.72. The third-order valence-corrected chi connectivity index (χ3v) is 2.72. The molecule has 1 heteroatoms. The van der Waals surface area contributed by atoms with Crippen molar-refractivity contribution in [3.05, 3.63) is 0 Å². The minimum Gasteiger partial charge on any atom is -0.244 e. The van der Waals surface area contributed by atoms with E-state index in [1.54, 1.807) is 0 Å². The van der Waals surface area contributed by atoms with E-state index in [0.29, 0.717) is 0 Å².